The molecule has 0 atom stereocenters. The summed E-state index contributed by atoms with van der Waals surface area (Å²) in [7, 11) is 0. The van der Waals surface area contributed by atoms with Crippen molar-refractivity contribution in [2.45, 2.75) is 0 Å². The highest BCUT2D eigenvalue weighted by Gasteiger charge is 2.22. The van der Waals surface area contributed by atoms with Gasteiger partial charge in [-0.05, 0) is 101 Å². The van der Waals surface area contributed by atoms with Crippen LogP contribution < -0.4 is 22.2 Å². The molecule has 0 unspecified atom stereocenters. The quantitative estimate of drug-likeness (QED) is 0.150. The number of rotatable bonds is 7. The van der Waals surface area contributed by atoms with Gasteiger partial charge in [0.1, 0.15) is 5.65 Å². The van der Waals surface area contributed by atoms with Crippen molar-refractivity contribution in [3.8, 4) is 62.4 Å². The molecule has 0 spiro atoms. The van der Waals surface area contributed by atoms with Crippen LogP contribution in [-0.4, -0.2) is 43.6 Å². The molecule has 13 nitrogen and oxygen atoms in total. The molecule has 0 radical (unpaired) electrons. The van der Waals surface area contributed by atoms with Crippen LogP contribution in [0.2, 0.25) is 0 Å². The number of thiophene rings is 1. The Morgan fingerprint density at radius 1 is 0.321 bits per heavy atom. The highest BCUT2D eigenvalue weighted by Crippen LogP contribution is 2.42. The van der Waals surface area contributed by atoms with Gasteiger partial charge in [0.05, 0.1) is 38.6 Å². The minimum atomic E-state index is -0.505. The van der Waals surface area contributed by atoms with Crippen LogP contribution in [0.4, 0.5) is 0 Å². The van der Waals surface area contributed by atoms with Crippen molar-refractivity contribution < 1.29 is 0 Å². The van der Waals surface area contributed by atoms with Crippen molar-refractivity contribution in [3.63, 3.8) is 0 Å². The van der Waals surface area contributed by atoms with E-state index in [2.05, 4.69) is 14.5 Å². The number of nitrogens with zero attached hydrogens (tertiary/aromatic N) is 9. The zero-order chi connectivity index (χ0) is 56.2. The van der Waals surface area contributed by atoms with Crippen LogP contribution in [0.25, 0.3) is 148 Å². The van der Waals surface area contributed by atoms with Crippen LogP contribution in [0, 0.1) is 0 Å². The lowest BCUT2D eigenvalue weighted by molar-refractivity contribution is 0.975. The molecule has 0 saturated carbocycles. The van der Waals surface area contributed by atoms with E-state index in [0.29, 0.717) is 77.9 Å². The molecule has 0 saturated heterocycles. The first-order valence-corrected chi connectivity index (χ1v) is 27.9. The van der Waals surface area contributed by atoms with Gasteiger partial charge in [-0.3, -0.25) is 33.7 Å². The zero-order valence-electron chi connectivity index (χ0n) is 44.1. The predicted molar refractivity (Wildman–Crippen MR) is 336 cm³/mol. The van der Waals surface area contributed by atoms with Crippen molar-refractivity contribution in [2.24, 2.45) is 0 Å². The van der Waals surface area contributed by atoms with E-state index in [-0.39, 0.29) is 5.39 Å². The third kappa shape index (κ3) is 7.62. The Balaban J connectivity index is 0.815. The van der Waals surface area contributed by atoms with Crippen LogP contribution in [-0.2, 0) is 0 Å². The molecular formula is C70H39N9O4S. The fourth-order valence-electron chi connectivity index (χ4n) is 11.7. The highest BCUT2D eigenvalue weighted by molar-refractivity contribution is 7.26. The van der Waals surface area contributed by atoms with E-state index in [1.165, 1.54) is 9.13 Å². The topological polar surface area (TPSA) is 160 Å². The molecule has 8 aromatic heterocycles. The second-order valence-electron chi connectivity index (χ2n) is 20.5. The highest BCUT2D eigenvalue weighted by atomic mass is 32.1. The molecule has 0 aliphatic heterocycles. The molecule has 0 fully saturated rings. The molecular weight excluding hydrogens is 1060 g/mol. The van der Waals surface area contributed by atoms with Gasteiger partial charge in [0, 0.05) is 94.3 Å². The Morgan fingerprint density at radius 3 is 1.46 bits per heavy atom. The van der Waals surface area contributed by atoms with Crippen molar-refractivity contribution in [1.29, 1.82) is 0 Å². The number of fused-ring (bicyclic) bond motifs is 12. The molecule has 0 aliphatic carbocycles. The monoisotopic (exact) mass is 1100 g/mol. The maximum absolute atomic E-state index is 15.2. The van der Waals surface area contributed by atoms with Gasteiger partial charge in [0.2, 0.25) is 0 Å². The minimum Gasteiger partial charge on any atom is -0.294 e. The lowest BCUT2D eigenvalue weighted by Crippen LogP contribution is -2.28. The van der Waals surface area contributed by atoms with E-state index >= 15 is 9.59 Å². The normalized spacial score (nSPS) is 11.8. The van der Waals surface area contributed by atoms with Crippen LogP contribution in [0.15, 0.2) is 256 Å². The smallest absolute Gasteiger partial charge is 0.267 e. The average molecular weight is 1100 g/mol. The summed E-state index contributed by atoms with van der Waals surface area (Å²) >= 11 is 1.58. The number of pyridine rings is 3. The van der Waals surface area contributed by atoms with Crippen molar-refractivity contribution >= 4 is 96.7 Å². The van der Waals surface area contributed by atoms with Crippen LogP contribution in [0.3, 0.4) is 0 Å². The van der Waals surface area contributed by atoms with Crippen molar-refractivity contribution in [2.75, 3.05) is 0 Å². The van der Waals surface area contributed by atoms with E-state index < -0.39 is 22.2 Å². The Bertz CT molecular complexity index is 5640. The number of aromatic nitrogens is 9. The van der Waals surface area contributed by atoms with E-state index in [1.807, 2.05) is 176 Å². The van der Waals surface area contributed by atoms with Crippen molar-refractivity contribution in [1.82, 2.24) is 43.6 Å². The van der Waals surface area contributed by atoms with Crippen LogP contribution in [0.5, 0.6) is 0 Å². The predicted octanol–water partition coefficient (Wildman–Crippen LogP) is 13.8. The van der Waals surface area contributed by atoms with Crippen LogP contribution in [0.1, 0.15) is 0 Å². The molecule has 8 aromatic carbocycles. The fraction of sp³-hybridized carbons (Fsp3) is 0. The summed E-state index contributed by atoms with van der Waals surface area (Å²) in [5.74, 6) is 1.47. The van der Waals surface area contributed by atoms with Gasteiger partial charge in [-0.1, -0.05) is 127 Å². The second-order valence-corrected chi connectivity index (χ2v) is 21.5. The standard InChI is InChI=1S/C70H39N9O4S/c80-67-50-31-33-71-38-57(50)52-37-60-53(35-55(52)69(82)78(67)46-29-25-43(26-30-46)65-75-63(41-13-4-1-5-14-41)74-64(76-65)42-15-6-2-7-16-42)49-21-12-20-47(62(49)84-60)40-23-27-45(28-24-40)79-68(81)51-32-34-72-39-58(51)61-56(70(79)83)36-54-48-19-10-11-22-59(48)77(66(54)73-61)44-17-8-3-9-18-44/h1-39H. The second kappa shape index (κ2) is 19.1. The first-order chi connectivity index (χ1) is 41.3. The number of benzene rings is 8. The van der Waals surface area contributed by atoms with E-state index in [1.54, 1.807) is 72.5 Å². The summed E-state index contributed by atoms with van der Waals surface area (Å²) in [6.07, 6.45) is 6.36. The Morgan fingerprint density at radius 2 is 0.821 bits per heavy atom. The summed E-state index contributed by atoms with van der Waals surface area (Å²) in [6.45, 7) is 0. The van der Waals surface area contributed by atoms with Gasteiger partial charge in [-0.2, -0.15) is 0 Å². The van der Waals surface area contributed by atoms with Gasteiger partial charge in [-0.15, -0.1) is 11.3 Å². The maximum atomic E-state index is 15.2. The summed E-state index contributed by atoms with van der Waals surface area (Å²) in [5, 5.41) is 6.34. The first-order valence-electron chi connectivity index (χ1n) is 27.1. The lowest BCUT2D eigenvalue weighted by atomic mass is 10.0. The van der Waals surface area contributed by atoms with Gasteiger partial charge in [-0.25, -0.2) is 29.1 Å². The third-order valence-corrected chi connectivity index (χ3v) is 16.9. The maximum Gasteiger partial charge on any atom is 0.267 e. The summed E-state index contributed by atoms with van der Waals surface area (Å²) in [5.41, 5.74) is 5.81. The zero-order valence-corrected chi connectivity index (χ0v) is 44.9. The minimum absolute atomic E-state index is 0.283. The summed E-state index contributed by atoms with van der Waals surface area (Å²) < 4.78 is 6.42. The van der Waals surface area contributed by atoms with E-state index in [0.717, 1.165) is 64.4 Å². The molecule has 8 heterocycles. The fourth-order valence-corrected chi connectivity index (χ4v) is 13.0. The molecule has 394 valence electrons. The molecule has 0 bridgehead atoms. The average Bonchev–Trinajstić information content (AvgIpc) is 4.19. The molecule has 0 aliphatic rings. The largest absolute Gasteiger partial charge is 0.294 e. The molecule has 0 amide bonds. The molecule has 16 aromatic rings. The van der Waals surface area contributed by atoms with E-state index in [4.69, 9.17) is 19.9 Å². The van der Waals surface area contributed by atoms with Crippen molar-refractivity contribution in [3.05, 3.63) is 279 Å². The lowest BCUT2D eigenvalue weighted by Gasteiger charge is -2.09. The molecule has 84 heavy (non-hydrogen) atoms. The van der Waals surface area contributed by atoms with Gasteiger partial charge < -0.3 is 0 Å². The number of hydrogen-bond donors (Lipinski definition) is 0. The Hall–Kier alpha value is -11.5. The van der Waals surface area contributed by atoms with Gasteiger partial charge >= 0.3 is 0 Å². The van der Waals surface area contributed by atoms with E-state index in [9.17, 15) is 9.59 Å². The SMILES string of the molecule is O=c1c2ccncc2c2cc3sc4c(-c5ccc(-n6c(=O)c7ccncc7c7nc8c(cc7c6=O)c6ccccc6n8-c6ccccc6)cc5)cccc4c3cc2c(=O)n1-c1ccc(-c2nc(-c3ccccc3)nc(-c3ccccc3)n2)cc1. The van der Waals surface area contributed by atoms with Gasteiger partial charge in [0.25, 0.3) is 22.2 Å². The number of hydrogen-bond acceptors (Lipinski definition) is 11. The number of para-hydroxylation sites is 2. The van der Waals surface area contributed by atoms with Gasteiger partial charge in [0.15, 0.2) is 17.5 Å². The summed E-state index contributed by atoms with van der Waals surface area (Å²) in [6, 6.07) is 67.0. The third-order valence-electron chi connectivity index (χ3n) is 15.7. The van der Waals surface area contributed by atoms with Crippen LogP contribution >= 0.6 is 11.3 Å². The molecule has 0 N–H and O–H groups in total. The Kier molecular flexibility index (Phi) is 11.0. The Labute approximate surface area is 478 Å². The molecule has 16 rings (SSSR count). The summed E-state index contributed by atoms with van der Waals surface area (Å²) in [4.78, 5) is 88.5. The molecule has 14 heteroatoms. The first kappa shape index (κ1) is 48.4.